The summed E-state index contributed by atoms with van der Waals surface area (Å²) in [5.41, 5.74) is -0.0643. The molecule has 1 aromatic rings. The van der Waals surface area contributed by atoms with Crippen molar-refractivity contribution in [3.63, 3.8) is 0 Å². The second-order valence-electron chi connectivity index (χ2n) is 7.67. The third-order valence-corrected chi connectivity index (χ3v) is 8.55. The normalized spacial score (nSPS) is 16.7. The SMILES string of the molecule is CCCCOc1ccccc1C(=O)OS(=O)(=O)OC[C@H](O)COC(=O)CCCC[C@@H]1CCSS1. The van der Waals surface area contributed by atoms with Crippen molar-refractivity contribution in [3.05, 3.63) is 29.8 Å². The van der Waals surface area contributed by atoms with E-state index in [9.17, 15) is 23.1 Å². The third-order valence-electron chi connectivity index (χ3n) is 4.77. The Hall–Kier alpha value is -1.47. The summed E-state index contributed by atoms with van der Waals surface area (Å²) < 4.78 is 43.4. The Kier molecular flexibility index (Phi) is 13.1. The fourth-order valence-electron chi connectivity index (χ4n) is 2.93. The van der Waals surface area contributed by atoms with Gasteiger partial charge in [0.1, 0.15) is 24.0 Å². The monoisotopic (exact) mass is 536 g/mol. The van der Waals surface area contributed by atoms with Crippen LogP contribution in [0.5, 0.6) is 5.75 Å². The molecule has 12 heteroatoms. The number of aliphatic hydroxyl groups is 1. The fourth-order valence-corrected chi connectivity index (χ4v) is 6.60. The molecular weight excluding hydrogens is 504 g/mol. The van der Waals surface area contributed by atoms with E-state index >= 15 is 0 Å². The molecule has 1 aliphatic rings. The molecule has 0 saturated carbocycles. The van der Waals surface area contributed by atoms with Crippen LogP contribution >= 0.6 is 21.6 Å². The van der Waals surface area contributed by atoms with E-state index in [0.717, 1.165) is 25.7 Å². The smallest absolute Gasteiger partial charge is 0.451 e. The van der Waals surface area contributed by atoms with E-state index in [1.54, 1.807) is 12.1 Å². The molecule has 0 radical (unpaired) electrons. The van der Waals surface area contributed by atoms with Gasteiger partial charge in [-0.25, -0.2) is 8.98 Å². The first kappa shape index (κ1) is 28.8. The van der Waals surface area contributed by atoms with E-state index in [1.165, 1.54) is 24.3 Å². The van der Waals surface area contributed by atoms with Gasteiger partial charge >= 0.3 is 22.3 Å². The highest BCUT2D eigenvalue weighted by Crippen LogP contribution is 2.39. The second kappa shape index (κ2) is 15.5. The predicted molar refractivity (Wildman–Crippen MR) is 131 cm³/mol. The van der Waals surface area contributed by atoms with Crippen LogP contribution < -0.4 is 4.74 Å². The van der Waals surface area contributed by atoms with Gasteiger partial charge in [-0.3, -0.25) is 4.79 Å². The fraction of sp³-hybridized carbons (Fsp3) is 0.636. The minimum atomic E-state index is -4.74. The zero-order valence-electron chi connectivity index (χ0n) is 19.2. The maximum absolute atomic E-state index is 12.3. The van der Waals surface area contributed by atoms with Crippen LogP contribution in [0.3, 0.4) is 0 Å². The Balaban J connectivity index is 1.67. The highest BCUT2D eigenvalue weighted by molar-refractivity contribution is 8.77. The number of esters is 1. The molecule has 0 spiro atoms. The lowest BCUT2D eigenvalue weighted by molar-refractivity contribution is -0.147. The van der Waals surface area contributed by atoms with Crippen LogP contribution in [-0.2, 0) is 28.3 Å². The van der Waals surface area contributed by atoms with Gasteiger partial charge in [0.05, 0.1) is 13.2 Å². The topological polar surface area (TPSA) is 125 Å². The maximum Gasteiger partial charge on any atom is 0.451 e. The average Bonchev–Trinajstić information content (AvgIpc) is 3.33. The third kappa shape index (κ3) is 11.3. The summed E-state index contributed by atoms with van der Waals surface area (Å²) in [6.07, 6.45) is 4.38. The van der Waals surface area contributed by atoms with Crippen molar-refractivity contribution < 1.29 is 41.0 Å². The Bertz CT molecular complexity index is 870. The highest BCUT2D eigenvalue weighted by atomic mass is 33.1. The van der Waals surface area contributed by atoms with Crippen molar-refractivity contribution in [2.24, 2.45) is 0 Å². The van der Waals surface area contributed by atoms with Gasteiger partial charge in [-0.05, 0) is 37.8 Å². The van der Waals surface area contributed by atoms with Crippen molar-refractivity contribution in [1.82, 2.24) is 0 Å². The van der Waals surface area contributed by atoms with Gasteiger partial charge in [0, 0.05) is 17.4 Å². The minimum Gasteiger partial charge on any atom is -0.493 e. The summed E-state index contributed by atoms with van der Waals surface area (Å²) >= 11 is 0. The van der Waals surface area contributed by atoms with Gasteiger partial charge in [-0.2, -0.15) is 8.42 Å². The minimum absolute atomic E-state index is 0.0643. The largest absolute Gasteiger partial charge is 0.493 e. The first-order valence-corrected chi connectivity index (χ1v) is 15.0. The summed E-state index contributed by atoms with van der Waals surface area (Å²) in [4.78, 5) is 24.1. The van der Waals surface area contributed by atoms with E-state index in [1.807, 2.05) is 28.5 Å². The van der Waals surface area contributed by atoms with Crippen molar-refractivity contribution in [2.45, 2.75) is 63.2 Å². The second-order valence-corrected chi connectivity index (χ2v) is 11.7. The molecule has 9 nitrogen and oxygen atoms in total. The molecule has 2 rings (SSSR count). The van der Waals surface area contributed by atoms with Crippen LogP contribution in [0.1, 0.15) is 62.2 Å². The van der Waals surface area contributed by atoms with Crippen LogP contribution in [0, 0.1) is 0 Å². The number of hydrogen-bond donors (Lipinski definition) is 1. The van der Waals surface area contributed by atoms with E-state index in [4.69, 9.17) is 9.47 Å². The zero-order chi connectivity index (χ0) is 24.8. The van der Waals surface area contributed by atoms with Gasteiger partial charge in [-0.1, -0.05) is 53.5 Å². The van der Waals surface area contributed by atoms with Crippen LogP contribution in [0.15, 0.2) is 24.3 Å². The number of rotatable bonds is 16. The molecule has 1 fully saturated rings. The van der Waals surface area contributed by atoms with Gasteiger partial charge in [0.15, 0.2) is 0 Å². The molecule has 2 atom stereocenters. The molecule has 0 amide bonds. The number of carbonyl (C=O) groups excluding carboxylic acids is 2. The van der Waals surface area contributed by atoms with Crippen LogP contribution in [0.4, 0.5) is 0 Å². The van der Waals surface area contributed by atoms with Crippen molar-refractivity contribution in [1.29, 1.82) is 0 Å². The van der Waals surface area contributed by atoms with Crippen LogP contribution in [-0.4, -0.2) is 62.4 Å². The first-order valence-electron chi connectivity index (χ1n) is 11.3. The van der Waals surface area contributed by atoms with Crippen LogP contribution in [0.25, 0.3) is 0 Å². The van der Waals surface area contributed by atoms with E-state index in [-0.39, 0.29) is 17.7 Å². The van der Waals surface area contributed by atoms with Gasteiger partial charge < -0.3 is 18.8 Å². The molecule has 0 unspecified atom stereocenters. The number of para-hydroxylation sites is 1. The Morgan fingerprint density at radius 2 is 1.97 bits per heavy atom. The Morgan fingerprint density at radius 1 is 1.18 bits per heavy atom. The number of unbranched alkanes of at least 4 members (excludes halogenated alkanes) is 2. The lowest BCUT2D eigenvalue weighted by atomic mass is 10.1. The van der Waals surface area contributed by atoms with Crippen molar-refractivity contribution in [3.8, 4) is 5.75 Å². The number of carbonyl (C=O) groups is 2. The van der Waals surface area contributed by atoms with E-state index in [2.05, 4.69) is 8.37 Å². The molecule has 1 heterocycles. The molecule has 34 heavy (non-hydrogen) atoms. The molecule has 192 valence electrons. The van der Waals surface area contributed by atoms with Crippen LogP contribution in [0.2, 0.25) is 0 Å². The van der Waals surface area contributed by atoms with E-state index in [0.29, 0.717) is 18.3 Å². The number of ether oxygens (including phenoxy) is 2. The lowest BCUT2D eigenvalue weighted by Crippen LogP contribution is -2.27. The summed E-state index contributed by atoms with van der Waals surface area (Å²) in [6, 6.07) is 6.10. The number of hydrogen-bond acceptors (Lipinski definition) is 11. The number of aliphatic hydroxyl groups excluding tert-OH is 1. The summed E-state index contributed by atoms with van der Waals surface area (Å²) in [5, 5.41) is 10.5. The maximum atomic E-state index is 12.3. The average molecular weight is 537 g/mol. The molecule has 1 N–H and O–H groups in total. The Morgan fingerprint density at radius 3 is 2.71 bits per heavy atom. The molecule has 0 bridgehead atoms. The molecule has 0 aromatic heterocycles. The van der Waals surface area contributed by atoms with E-state index < -0.39 is 41.7 Å². The standard InChI is InChI=1S/C22H32O9S3/c1-2-3-13-28-20-10-6-5-9-19(20)22(25)31-34(26,27)30-16-17(23)15-29-21(24)11-7-4-8-18-12-14-32-33-18/h5-6,9-10,17-18,23H,2-4,7-8,11-16H2,1H3/t17-,18-/m1/s1. The first-order chi connectivity index (χ1) is 16.3. The van der Waals surface area contributed by atoms with Gasteiger partial charge in [0.25, 0.3) is 0 Å². The quantitative estimate of drug-likeness (QED) is 0.188. The van der Waals surface area contributed by atoms with Crippen molar-refractivity contribution in [2.75, 3.05) is 25.6 Å². The summed E-state index contributed by atoms with van der Waals surface area (Å²) in [5.74, 6) is -0.263. The molecular formula is C22H32O9S3. The highest BCUT2D eigenvalue weighted by Gasteiger charge is 2.24. The Labute approximate surface area is 209 Å². The van der Waals surface area contributed by atoms with Crippen molar-refractivity contribution >= 4 is 43.9 Å². The van der Waals surface area contributed by atoms with Gasteiger partial charge in [-0.15, -0.1) is 0 Å². The molecule has 0 aliphatic carbocycles. The lowest BCUT2D eigenvalue weighted by Gasteiger charge is -2.13. The number of benzene rings is 1. The summed E-state index contributed by atoms with van der Waals surface area (Å²) in [6.45, 7) is 1.20. The van der Waals surface area contributed by atoms with Gasteiger partial charge in [0.2, 0.25) is 0 Å². The zero-order valence-corrected chi connectivity index (χ0v) is 21.6. The molecule has 1 saturated heterocycles. The molecule has 1 aliphatic heterocycles. The molecule has 1 aromatic carbocycles. The summed E-state index contributed by atoms with van der Waals surface area (Å²) in [7, 11) is -0.964. The predicted octanol–water partition coefficient (Wildman–Crippen LogP) is 3.90.